The molecule has 0 bridgehead atoms. The quantitative estimate of drug-likeness (QED) is 0.418. The van der Waals surface area contributed by atoms with Crippen LogP contribution in [-0.2, 0) is 0 Å². The van der Waals surface area contributed by atoms with Crippen LogP contribution in [0.4, 0.5) is 10.3 Å². The zero-order chi connectivity index (χ0) is 22.2. The summed E-state index contributed by atoms with van der Waals surface area (Å²) in [5.74, 6) is 0.614. The molecule has 0 aliphatic heterocycles. The van der Waals surface area contributed by atoms with Crippen LogP contribution < -0.4 is 15.7 Å². The van der Waals surface area contributed by atoms with Crippen molar-refractivity contribution in [2.75, 3.05) is 12.0 Å². The van der Waals surface area contributed by atoms with Gasteiger partial charge in [-0.15, -0.1) is 0 Å². The molecule has 0 saturated carbocycles. The van der Waals surface area contributed by atoms with Gasteiger partial charge in [0.05, 0.1) is 18.5 Å². The molecule has 0 atom stereocenters. The highest BCUT2D eigenvalue weighted by Crippen LogP contribution is 2.20. The lowest BCUT2D eigenvalue weighted by Crippen LogP contribution is -2.16. The van der Waals surface area contributed by atoms with Gasteiger partial charge in [0.2, 0.25) is 5.95 Å². The highest BCUT2D eigenvalue weighted by molar-refractivity contribution is 5.84. The molecule has 0 aliphatic rings. The molecule has 0 fully saturated rings. The van der Waals surface area contributed by atoms with Gasteiger partial charge in [0, 0.05) is 11.1 Å². The summed E-state index contributed by atoms with van der Waals surface area (Å²) in [4.78, 5) is 19.1. The standard InChI is InChI=1S/C23H22FN5O2/c1-15(2)10-11-31-20-9-8-18(24)12-17(20)14-26-29-23-27-21(16-6-4-3-5-7-16)19(13-25)22(30)28-23/h3-9,12,14-15H,10-11H2,1-2H3,(H2,27,28,29,30). The highest BCUT2D eigenvalue weighted by Gasteiger charge is 2.13. The van der Waals surface area contributed by atoms with Crippen LogP contribution in [-0.4, -0.2) is 22.8 Å². The van der Waals surface area contributed by atoms with Crippen molar-refractivity contribution in [2.24, 2.45) is 11.0 Å². The fourth-order valence-corrected chi connectivity index (χ4v) is 2.75. The summed E-state index contributed by atoms with van der Waals surface area (Å²) in [6, 6.07) is 15.0. The molecule has 0 unspecified atom stereocenters. The molecule has 1 aromatic heterocycles. The predicted molar refractivity (Wildman–Crippen MR) is 118 cm³/mol. The number of ether oxygens (including phenoxy) is 1. The molecule has 2 N–H and O–H groups in total. The van der Waals surface area contributed by atoms with E-state index in [1.54, 1.807) is 30.3 Å². The van der Waals surface area contributed by atoms with Gasteiger partial charge in [-0.2, -0.15) is 10.4 Å². The Kier molecular flexibility index (Phi) is 7.12. The van der Waals surface area contributed by atoms with Gasteiger partial charge in [-0.25, -0.2) is 14.8 Å². The van der Waals surface area contributed by atoms with Crippen molar-refractivity contribution in [3.05, 3.63) is 75.8 Å². The van der Waals surface area contributed by atoms with Crippen LogP contribution >= 0.6 is 0 Å². The monoisotopic (exact) mass is 419 g/mol. The van der Waals surface area contributed by atoms with E-state index in [2.05, 4.69) is 34.3 Å². The molecule has 31 heavy (non-hydrogen) atoms. The maximum absolute atomic E-state index is 13.7. The van der Waals surface area contributed by atoms with Crippen LogP contribution in [0.1, 0.15) is 31.4 Å². The van der Waals surface area contributed by atoms with Gasteiger partial charge in [-0.05, 0) is 30.5 Å². The van der Waals surface area contributed by atoms with E-state index in [0.29, 0.717) is 29.4 Å². The van der Waals surface area contributed by atoms with Crippen LogP contribution in [0, 0.1) is 23.1 Å². The van der Waals surface area contributed by atoms with Gasteiger partial charge in [0.15, 0.2) is 0 Å². The van der Waals surface area contributed by atoms with Crippen LogP contribution in [0.5, 0.6) is 5.75 Å². The van der Waals surface area contributed by atoms with Gasteiger partial charge < -0.3 is 4.74 Å². The van der Waals surface area contributed by atoms with Crippen molar-refractivity contribution < 1.29 is 9.13 Å². The van der Waals surface area contributed by atoms with E-state index < -0.39 is 11.4 Å². The summed E-state index contributed by atoms with van der Waals surface area (Å²) in [5, 5.41) is 13.4. The molecule has 7 nitrogen and oxygen atoms in total. The molecular formula is C23H22FN5O2. The summed E-state index contributed by atoms with van der Waals surface area (Å²) in [6.45, 7) is 4.69. The van der Waals surface area contributed by atoms with Crippen molar-refractivity contribution >= 4 is 12.2 Å². The van der Waals surface area contributed by atoms with Crippen LogP contribution in [0.3, 0.4) is 0 Å². The number of halogens is 1. The second-order valence-electron chi connectivity index (χ2n) is 7.20. The Labute approximate surface area is 179 Å². The average Bonchev–Trinajstić information content (AvgIpc) is 2.75. The fraction of sp³-hybridized carbons (Fsp3) is 0.217. The third-order valence-corrected chi connectivity index (χ3v) is 4.38. The lowest BCUT2D eigenvalue weighted by molar-refractivity contribution is 0.289. The lowest BCUT2D eigenvalue weighted by Gasteiger charge is -2.10. The number of benzene rings is 2. The van der Waals surface area contributed by atoms with Crippen LogP contribution in [0.25, 0.3) is 11.3 Å². The Balaban J connectivity index is 1.83. The van der Waals surface area contributed by atoms with Crippen LogP contribution in [0.15, 0.2) is 58.4 Å². The number of nitrogens with zero attached hydrogens (tertiary/aromatic N) is 3. The summed E-state index contributed by atoms with van der Waals surface area (Å²) < 4.78 is 19.4. The second kappa shape index (κ2) is 10.2. The van der Waals surface area contributed by atoms with Gasteiger partial charge in [0.1, 0.15) is 23.2 Å². The molecule has 1 heterocycles. The molecule has 3 aromatic rings. The topological polar surface area (TPSA) is 103 Å². The van der Waals surface area contributed by atoms with E-state index in [0.717, 1.165) is 6.42 Å². The Bertz CT molecular complexity index is 1170. The number of hydrazone groups is 1. The number of hydrogen-bond donors (Lipinski definition) is 2. The number of H-pyrrole nitrogens is 1. The van der Waals surface area contributed by atoms with Crippen molar-refractivity contribution in [1.29, 1.82) is 5.26 Å². The SMILES string of the molecule is CC(C)CCOc1ccc(F)cc1C=NNc1nc(-c2ccccc2)c(C#N)c(=O)[nH]1. The first-order valence-electron chi connectivity index (χ1n) is 9.79. The third-order valence-electron chi connectivity index (χ3n) is 4.38. The van der Waals surface area contributed by atoms with E-state index in [1.807, 2.05) is 12.1 Å². The van der Waals surface area contributed by atoms with Crippen LogP contribution in [0.2, 0.25) is 0 Å². The Morgan fingerprint density at radius 2 is 2.06 bits per heavy atom. The van der Waals surface area contributed by atoms with E-state index >= 15 is 0 Å². The minimum Gasteiger partial charge on any atom is -0.493 e. The van der Waals surface area contributed by atoms with Gasteiger partial charge in [-0.3, -0.25) is 9.78 Å². The Morgan fingerprint density at radius 1 is 1.29 bits per heavy atom. The smallest absolute Gasteiger partial charge is 0.270 e. The Hall–Kier alpha value is -3.99. The number of anilines is 1. The number of hydrogen-bond acceptors (Lipinski definition) is 6. The molecule has 158 valence electrons. The normalized spacial score (nSPS) is 10.9. The summed E-state index contributed by atoms with van der Waals surface area (Å²) in [6.07, 6.45) is 2.25. The molecule has 0 aliphatic carbocycles. The molecule has 0 spiro atoms. The first-order valence-corrected chi connectivity index (χ1v) is 9.79. The summed E-state index contributed by atoms with van der Waals surface area (Å²) in [5.41, 5.74) is 3.27. The van der Waals surface area contributed by atoms with E-state index in [1.165, 1.54) is 18.3 Å². The van der Waals surface area contributed by atoms with E-state index in [4.69, 9.17) is 4.74 Å². The van der Waals surface area contributed by atoms with E-state index in [9.17, 15) is 14.4 Å². The van der Waals surface area contributed by atoms with Gasteiger partial charge in [0.25, 0.3) is 5.56 Å². The number of nitriles is 1. The molecule has 2 aromatic carbocycles. The maximum Gasteiger partial charge on any atom is 0.270 e. The van der Waals surface area contributed by atoms with Crippen molar-refractivity contribution in [3.8, 4) is 23.1 Å². The van der Waals surface area contributed by atoms with Crippen molar-refractivity contribution in [3.63, 3.8) is 0 Å². The first-order chi connectivity index (χ1) is 15.0. The van der Waals surface area contributed by atoms with Gasteiger partial charge >= 0.3 is 0 Å². The molecule has 8 heteroatoms. The lowest BCUT2D eigenvalue weighted by atomic mass is 10.1. The molecule has 0 amide bonds. The predicted octanol–water partition coefficient (Wildman–Crippen LogP) is 4.32. The van der Waals surface area contributed by atoms with Crippen molar-refractivity contribution in [1.82, 2.24) is 9.97 Å². The molecule has 3 rings (SSSR count). The minimum atomic E-state index is -0.586. The minimum absolute atomic E-state index is 0.0535. The molecule has 0 radical (unpaired) electrons. The van der Waals surface area contributed by atoms with E-state index in [-0.39, 0.29) is 17.2 Å². The maximum atomic E-state index is 13.7. The number of aromatic nitrogens is 2. The highest BCUT2D eigenvalue weighted by atomic mass is 19.1. The fourth-order valence-electron chi connectivity index (χ4n) is 2.75. The zero-order valence-corrected chi connectivity index (χ0v) is 17.2. The average molecular weight is 419 g/mol. The second-order valence-corrected chi connectivity index (χ2v) is 7.20. The zero-order valence-electron chi connectivity index (χ0n) is 17.2. The number of nitrogens with one attached hydrogen (secondary N) is 2. The van der Waals surface area contributed by atoms with Gasteiger partial charge in [-0.1, -0.05) is 44.2 Å². The first kappa shape index (κ1) is 21.7. The summed E-state index contributed by atoms with van der Waals surface area (Å²) >= 11 is 0. The number of rotatable bonds is 8. The third kappa shape index (κ3) is 5.76. The summed E-state index contributed by atoms with van der Waals surface area (Å²) in [7, 11) is 0. The molecule has 0 saturated heterocycles. The number of aromatic amines is 1. The largest absolute Gasteiger partial charge is 0.493 e. The van der Waals surface area contributed by atoms with Crippen molar-refractivity contribution in [2.45, 2.75) is 20.3 Å². The molecular weight excluding hydrogens is 397 g/mol. The Morgan fingerprint density at radius 3 is 2.77 bits per heavy atom.